The predicted octanol–water partition coefficient (Wildman–Crippen LogP) is 3.48. The van der Waals surface area contributed by atoms with Crippen LogP contribution in [0.15, 0.2) is 36.5 Å². The normalized spacial score (nSPS) is 15.8. The molecule has 3 N–H and O–H groups in total. The first-order chi connectivity index (χ1) is 13.9. The third-order valence-corrected chi connectivity index (χ3v) is 5.79. The second-order valence-electron chi connectivity index (χ2n) is 7.66. The third kappa shape index (κ3) is 4.28. The summed E-state index contributed by atoms with van der Waals surface area (Å²) in [6, 6.07) is 9.61. The minimum atomic E-state index is -0.675. The number of anilines is 1. The molecule has 1 fully saturated rings. The number of halogens is 1. The Balaban J connectivity index is 2.04. The fourth-order valence-corrected chi connectivity index (χ4v) is 4.16. The van der Waals surface area contributed by atoms with Crippen LogP contribution in [0.25, 0.3) is 0 Å². The molecule has 2 amide bonds. The van der Waals surface area contributed by atoms with E-state index in [4.69, 9.17) is 11.6 Å². The van der Waals surface area contributed by atoms with Crippen LogP contribution in [0.1, 0.15) is 54.1 Å². The average Bonchev–Trinajstić information content (AvgIpc) is 2.74. The molecule has 0 saturated carbocycles. The lowest BCUT2D eigenvalue weighted by Crippen LogP contribution is -2.49. The van der Waals surface area contributed by atoms with E-state index in [1.165, 1.54) is 24.9 Å². The number of nitrogens with one attached hydrogen (secondary N) is 3. The van der Waals surface area contributed by atoms with E-state index in [9.17, 15) is 9.59 Å². The molecule has 0 unspecified atom stereocenters. The highest BCUT2D eigenvalue weighted by Gasteiger charge is 2.43. The fourth-order valence-electron chi connectivity index (χ4n) is 4.00. The number of rotatable bonds is 5. The summed E-state index contributed by atoms with van der Waals surface area (Å²) in [7, 11) is 1.54. The van der Waals surface area contributed by atoms with Gasteiger partial charge in [0.25, 0.3) is 5.91 Å². The molecule has 0 radical (unpaired) electrons. The first-order valence-corrected chi connectivity index (χ1v) is 10.3. The molecule has 0 aliphatic carbocycles. The lowest BCUT2D eigenvalue weighted by molar-refractivity contribution is -0.122. The number of benzene rings is 1. The second-order valence-corrected chi connectivity index (χ2v) is 8.05. The molecule has 154 valence electrons. The molecule has 2 aromatic rings. The summed E-state index contributed by atoms with van der Waals surface area (Å²) in [5.41, 5.74) is 2.20. The van der Waals surface area contributed by atoms with Crippen molar-refractivity contribution in [3.05, 3.63) is 58.4 Å². The van der Waals surface area contributed by atoms with E-state index >= 15 is 0 Å². The van der Waals surface area contributed by atoms with Gasteiger partial charge in [0.2, 0.25) is 5.91 Å². The van der Waals surface area contributed by atoms with Gasteiger partial charge in [-0.1, -0.05) is 49.7 Å². The van der Waals surface area contributed by atoms with Crippen LogP contribution in [-0.4, -0.2) is 36.9 Å². The molecule has 3 rings (SSSR count). The standard InChI is InChI=1S/C22H27ClN4O2/c1-14(2)15-6-4-5-7-17(15)22(8-10-25-11-9-22)21(29)27-18-13-26-19(23)12-16(18)20(28)24-3/h4-7,12-14,25H,8-11H2,1-3H3,(H,24,28)(H,27,29). The van der Waals surface area contributed by atoms with E-state index in [1.54, 1.807) is 0 Å². The van der Waals surface area contributed by atoms with Crippen LogP contribution in [0.4, 0.5) is 5.69 Å². The van der Waals surface area contributed by atoms with Crippen molar-refractivity contribution in [2.45, 2.75) is 38.0 Å². The van der Waals surface area contributed by atoms with Crippen LogP contribution in [-0.2, 0) is 10.2 Å². The van der Waals surface area contributed by atoms with Gasteiger partial charge in [0, 0.05) is 7.05 Å². The van der Waals surface area contributed by atoms with Crippen LogP contribution in [0.2, 0.25) is 5.15 Å². The zero-order valence-corrected chi connectivity index (χ0v) is 17.8. The number of aromatic nitrogens is 1. The number of hydrogen-bond donors (Lipinski definition) is 3. The van der Waals surface area contributed by atoms with E-state index in [2.05, 4.69) is 46.9 Å². The van der Waals surface area contributed by atoms with E-state index in [0.717, 1.165) is 18.7 Å². The molecule has 1 aliphatic heterocycles. The van der Waals surface area contributed by atoms with Gasteiger partial charge in [-0.25, -0.2) is 4.98 Å². The number of pyridine rings is 1. The highest BCUT2D eigenvalue weighted by atomic mass is 35.5. The molecule has 29 heavy (non-hydrogen) atoms. The van der Waals surface area contributed by atoms with Crippen molar-refractivity contribution in [1.29, 1.82) is 0 Å². The maximum absolute atomic E-state index is 13.7. The van der Waals surface area contributed by atoms with Gasteiger partial charge in [0.1, 0.15) is 5.15 Å². The summed E-state index contributed by atoms with van der Waals surface area (Å²) in [6.45, 7) is 5.78. The van der Waals surface area contributed by atoms with Gasteiger partial charge < -0.3 is 16.0 Å². The maximum atomic E-state index is 13.7. The number of nitrogens with zero attached hydrogens (tertiary/aromatic N) is 1. The molecule has 6 nitrogen and oxygen atoms in total. The molecule has 1 saturated heterocycles. The van der Waals surface area contributed by atoms with Crippen LogP contribution in [0, 0.1) is 0 Å². The summed E-state index contributed by atoms with van der Waals surface area (Å²) in [6.07, 6.45) is 2.80. The first-order valence-electron chi connectivity index (χ1n) is 9.88. The number of piperidine rings is 1. The van der Waals surface area contributed by atoms with Crippen LogP contribution >= 0.6 is 11.6 Å². The van der Waals surface area contributed by atoms with E-state index in [0.29, 0.717) is 30.0 Å². The smallest absolute Gasteiger partial charge is 0.253 e. The highest BCUT2D eigenvalue weighted by molar-refractivity contribution is 6.30. The number of hydrogen-bond acceptors (Lipinski definition) is 4. The van der Waals surface area contributed by atoms with Crippen LogP contribution in [0.3, 0.4) is 0 Å². The van der Waals surface area contributed by atoms with Gasteiger partial charge in [0.05, 0.1) is 22.9 Å². The number of carbonyl (C=O) groups excluding carboxylic acids is 2. The maximum Gasteiger partial charge on any atom is 0.253 e. The van der Waals surface area contributed by atoms with E-state index in [1.807, 2.05) is 12.1 Å². The molecule has 7 heteroatoms. The number of carbonyl (C=O) groups is 2. The van der Waals surface area contributed by atoms with Gasteiger partial charge in [-0.2, -0.15) is 0 Å². The Kier molecular flexibility index (Phi) is 6.55. The summed E-state index contributed by atoms with van der Waals surface area (Å²) < 4.78 is 0. The van der Waals surface area contributed by atoms with Gasteiger partial charge in [-0.15, -0.1) is 0 Å². The zero-order chi connectivity index (χ0) is 21.0. The zero-order valence-electron chi connectivity index (χ0n) is 17.0. The average molecular weight is 415 g/mol. The van der Waals surface area contributed by atoms with Crippen LogP contribution in [0.5, 0.6) is 0 Å². The second kappa shape index (κ2) is 8.93. The largest absolute Gasteiger partial charge is 0.355 e. The summed E-state index contributed by atoms with van der Waals surface area (Å²) in [4.78, 5) is 30.0. The Labute approximate surface area is 176 Å². The summed E-state index contributed by atoms with van der Waals surface area (Å²) >= 11 is 5.97. The van der Waals surface area contributed by atoms with E-state index in [-0.39, 0.29) is 17.0 Å². The van der Waals surface area contributed by atoms with Crippen molar-refractivity contribution in [3.8, 4) is 0 Å². The lowest BCUT2D eigenvalue weighted by Gasteiger charge is -2.38. The predicted molar refractivity (Wildman–Crippen MR) is 116 cm³/mol. The molecule has 0 spiro atoms. The Bertz CT molecular complexity index is 907. The molecule has 2 heterocycles. The monoisotopic (exact) mass is 414 g/mol. The van der Waals surface area contributed by atoms with Gasteiger partial charge in [0.15, 0.2) is 0 Å². The van der Waals surface area contributed by atoms with E-state index < -0.39 is 5.41 Å². The molecule has 0 atom stereocenters. The Morgan fingerprint density at radius 2 is 1.90 bits per heavy atom. The molecule has 1 aromatic heterocycles. The summed E-state index contributed by atoms with van der Waals surface area (Å²) in [5.74, 6) is -0.155. The van der Waals surface area contributed by atoms with Crippen molar-refractivity contribution in [3.63, 3.8) is 0 Å². The van der Waals surface area contributed by atoms with Crippen molar-refractivity contribution in [2.75, 3.05) is 25.5 Å². The topological polar surface area (TPSA) is 83.1 Å². The number of amides is 2. The molecular weight excluding hydrogens is 388 g/mol. The first kappa shape index (κ1) is 21.3. The SMILES string of the molecule is CNC(=O)c1cc(Cl)ncc1NC(=O)C1(c2ccccc2C(C)C)CCNCC1. The molecule has 0 bridgehead atoms. The quantitative estimate of drug-likeness (QED) is 0.654. The van der Waals surface area contributed by atoms with Crippen molar-refractivity contribution < 1.29 is 9.59 Å². The van der Waals surface area contributed by atoms with Crippen molar-refractivity contribution in [2.24, 2.45) is 0 Å². The minimum Gasteiger partial charge on any atom is -0.355 e. The van der Waals surface area contributed by atoms with Gasteiger partial charge >= 0.3 is 0 Å². The van der Waals surface area contributed by atoms with Crippen LogP contribution < -0.4 is 16.0 Å². The van der Waals surface area contributed by atoms with Crippen molar-refractivity contribution >= 4 is 29.1 Å². The minimum absolute atomic E-state index is 0.124. The Morgan fingerprint density at radius 1 is 1.21 bits per heavy atom. The third-order valence-electron chi connectivity index (χ3n) is 5.58. The van der Waals surface area contributed by atoms with Crippen molar-refractivity contribution in [1.82, 2.24) is 15.6 Å². The molecule has 1 aromatic carbocycles. The van der Waals surface area contributed by atoms with Gasteiger partial charge in [-0.05, 0) is 49.0 Å². The summed E-state index contributed by atoms with van der Waals surface area (Å²) in [5, 5.41) is 9.11. The Morgan fingerprint density at radius 3 is 2.55 bits per heavy atom. The molecular formula is C22H27ClN4O2. The highest BCUT2D eigenvalue weighted by Crippen LogP contribution is 2.39. The molecule has 1 aliphatic rings. The Hall–Kier alpha value is -2.44. The lowest BCUT2D eigenvalue weighted by atomic mass is 9.69. The fraction of sp³-hybridized carbons (Fsp3) is 0.409. The van der Waals surface area contributed by atoms with Gasteiger partial charge in [-0.3, -0.25) is 9.59 Å².